The molecule has 0 bridgehead atoms. The predicted molar refractivity (Wildman–Crippen MR) is 80.2 cm³/mol. The summed E-state index contributed by atoms with van der Waals surface area (Å²) >= 11 is 3.88. The second kappa shape index (κ2) is 5.27. The minimum Gasteiger partial charge on any atom is -0.0884 e. The van der Waals surface area contributed by atoms with Gasteiger partial charge in [0.15, 0.2) is 0 Å². The summed E-state index contributed by atoms with van der Waals surface area (Å²) in [4.78, 5) is 0.602. The SMILES string of the molecule is BrC(Cc1ccccc1)C1CC1c1ccccc1. The first-order valence-corrected chi connectivity index (χ1v) is 7.49. The maximum atomic E-state index is 3.88. The van der Waals surface area contributed by atoms with Crippen LogP contribution in [0.15, 0.2) is 60.7 Å². The molecule has 0 radical (unpaired) electrons. The molecule has 0 heterocycles. The van der Waals surface area contributed by atoms with Gasteiger partial charge in [0, 0.05) is 4.83 Å². The van der Waals surface area contributed by atoms with E-state index in [-0.39, 0.29) is 0 Å². The average Bonchev–Trinajstić information content (AvgIpc) is 3.21. The van der Waals surface area contributed by atoms with Crippen molar-refractivity contribution in [2.45, 2.75) is 23.6 Å². The number of halogens is 1. The van der Waals surface area contributed by atoms with Crippen molar-refractivity contribution < 1.29 is 0 Å². The summed E-state index contributed by atoms with van der Waals surface area (Å²) in [7, 11) is 0. The Morgan fingerprint density at radius 3 is 2.22 bits per heavy atom. The normalized spacial score (nSPS) is 23.6. The predicted octanol–water partition coefficient (Wildman–Crippen LogP) is 4.80. The standard InChI is InChI=1S/C17H17Br/c18-17(11-13-7-3-1-4-8-13)16-12-15(16)14-9-5-2-6-10-14/h1-10,15-17H,11-12H2. The Bertz CT molecular complexity index is 492. The van der Waals surface area contributed by atoms with Gasteiger partial charge in [0.2, 0.25) is 0 Å². The van der Waals surface area contributed by atoms with Crippen LogP contribution in [0.2, 0.25) is 0 Å². The second-order valence-corrected chi connectivity index (χ2v) is 6.30. The molecule has 3 unspecified atom stereocenters. The summed E-state index contributed by atoms with van der Waals surface area (Å²) in [5, 5.41) is 0. The molecule has 0 amide bonds. The minimum atomic E-state index is 0.602. The van der Waals surface area contributed by atoms with Gasteiger partial charge in [-0.1, -0.05) is 76.6 Å². The van der Waals surface area contributed by atoms with Crippen molar-refractivity contribution in [2.24, 2.45) is 5.92 Å². The van der Waals surface area contributed by atoms with E-state index in [2.05, 4.69) is 76.6 Å². The highest BCUT2D eigenvalue weighted by atomic mass is 79.9. The summed E-state index contributed by atoms with van der Waals surface area (Å²) in [6.45, 7) is 0. The van der Waals surface area contributed by atoms with Gasteiger partial charge in [0.1, 0.15) is 0 Å². The molecular formula is C17H17Br. The van der Waals surface area contributed by atoms with Crippen LogP contribution >= 0.6 is 15.9 Å². The Morgan fingerprint density at radius 1 is 0.944 bits per heavy atom. The van der Waals surface area contributed by atoms with Crippen LogP contribution in [0.3, 0.4) is 0 Å². The molecule has 0 aliphatic heterocycles. The Kier molecular flexibility index (Phi) is 3.51. The average molecular weight is 301 g/mol. The third kappa shape index (κ3) is 2.67. The highest BCUT2D eigenvalue weighted by molar-refractivity contribution is 9.09. The highest BCUT2D eigenvalue weighted by Gasteiger charge is 2.42. The molecule has 1 aliphatic carbocycles. The third-order valence-electron chi connectivity index (χ3n) is 3.81. The molecule has 0 nitrogen and oxygen atoms in total. The molecular weight excluding hydrogens is 284 g/mol. The molecule has 3 rings (SSSR count). The van der Waals surface area contributed by atoms with Crippen molar-refractivity contribution in [3.05, 3.63) is 71.8 Å². The molecule has 1 fully saturated rings. The van der Waals surface area contributed by atoms with Gasteiger partial charge >= 0.3 is 0 Å². The lowest BCUT2D eigenvalue weighted by atomic mass is 10.0. The van der Waals surface area contributed by atoms with E-state index < -0.39 is 0 Å². The van der Waals surface area contributed by atoms with Crippen LogP contribution in [0, 0.1) is 5.92 Å². The first-order chi connectivity index (χ1) is 8.84. The topological polar surface area (TPSA) is 0 Å². The molecule has 18 heavy (non-hydrogen) atoms. The highest BCUT2D eigenvalue weighted by Crippen LogP contribution is 2.52. The molecule has 2 aromatic rings. The first kappa shape index (κ1) is 12.0. The Labute approximate surface area is 117 Å². The fourth-order valence-electron chi connectivity index (χ4n) is 2.69. The summed E-state index contributed by atoms with van der Waals surface area (Å²) < 4.78 is 0. The smallest absolute Gasteiger partial charge is 0.0220 e. The van der Waals surface area contributed by atoms with E-state index in [1.807, 2.05) is 0 Å². The molecule has 92 valence electrons. The molecule has 3 atom stereocenters. The zero-order chi connectivity index (χ0) is 12.4. The van der Waals surface area contributed by atoms with Crippen LogP contribution in [0.4, 0.5) is 0 Å². The lowest BCUT2D eigenvalue weighted by Gasteiger charge is -2.09. The van der Waals surface area contributed by atoms with Crippen molar-refractivity contribution in [3.8, 4) is 0 Å². The van der Waals surface area contributed by atoms with Gasteiger partial charge in [0.05, 0.1) is 0 Å². The van der Waals surface area contributed by atoms with Crippen LogP contribution in [0.5, 0.6) is 0 Å². The zero-order valence-corrected chi connectivity index (χ0v) is 11.9. The fourth-order valence-corrected chi connectivity index (χ4v) is 3.65. The Balaban J connectivity index is 1.61. The lowest BCUT2D eigenvalue weighted by Crippen LogP contribution is -2.06. The van der Waals surface area contributed by atoms with E-state index in [1.54, 1.807) is 0 Å². The van der Waals surface area contributed by atoms with E-state index in [1.165, 1.54) is 17.5 Å². The maximum Gasteiger partial charge on any atom is 0.0220 e. The van der Waals surface area contributed by atoms with E-state index in [9.17, 15) is 0 Å². The van der Waals surface area contributed by atoms with E-state index >= 15 is 0 Å². The second-order valence-electron chi connectivity index (χ2n) is 5.12. The number of hydrogen-bond donors (Lipinski definition) is 0. The fraction of sp³-hybridized carbons (Fsp3) is 0.294. The van der Waals surface area contributed by atoms with E-state index in [4.69, 9.17) is 0 Å². The van der Waals surface area contributed by atoms with Crippen molar-refractivity contribution in [2.75, 3.05) is 0 Å². The monoisotopic (exact) mass is 300 g/mol. The molecule has 1 saturated carbocycles. The molecule has 1 heteroatoms. The van der Waals surface area contributed by atoms with Gasteiger partial charge < -0.3 is 0 Å². The van der Waals surface area contributed by atoms with Crippen LogP contribution < -0.4 is 0 Å². The van der Waals surface area contributed by atoms with Crippen molar-refractivity contribution >= 4 is 15.9 Å². The van der Waals surface area contributed by atoms with Crippen molar-refractivity contribution in [1.82, 2.24) is 0 Å². The molecule has 0 N–H and O–H groups in total. The van der Waals surface area contributed by atoms with Crippen LogP contribution in [-0.2, 0) is 6.42 Å². The van der Waals surface area contributed by atoms with Gasteiger partial charge in [0.25, 0.3) is 0 Å². The number of benzene rings is 2. The molecule has 0 spiro atoms. The molecule has 0 saturated heterocycles. The summed E-state index contributed by atoms with van der Waals surface area (Å²) in [6, 6.07) is 21.7. The van der Waals surface area contributed by atoms with Crippen molar-refractivity contribution in [3.63, 3.8) is 0 Å². The quantitative estimate of drug-likeness (QED) is 0.712. The zero-order valence-electron chi connectivity index (χ0n) is 10.3. The maximum absolute atomic E-state index is 3.88. The Morgan fingerprint density at radius 2 is 1.56 bits per heavy atom. The van der Waals surface area contributed by atoms with Crippen LogP contribution in [0.25, 0.3) is 0 Å². The van der Waals surface area contributed by atoms with Gasteiger partial charge in [-0.15, -0.1) is 0 Å². The molecule has 2 aromatic carbocycles. The third-order valence-corrected chi connectivity index (χ3v) is 4.81. The summed E-state index contributed by atoms with van der Waals surface area (Å²) in [5.74, 6) is 1.56. The van der Waals surface area contributed by atoms with Gasteiger partial charge in [-0.05, 0) is 35.8 Å². The van der Waals surface area contributed by atoms with Crippen LogP contribution in [-0.4, -0.2) is 4.83 Å². The lowest BCUT2D eigenvalue weighted by molar-refractivity contribution is 0.735. The Hall–Kier alpha value is -1.08. The van der Waals surface area contributed by atoms with Gasteiger partial charge in [-0.25, -0.2) is 0 Å². The summed E-state index contributed by atoms with van der Waals surface area (Å²) in [5.41, 5.74) is 2.93. The van der Waals surface area contributed by atoms with Gasteiger partial charge in [-0.3, -0.25) is 0 Å². The number of hydrogen-bond acceptors (Lipinski definition) is 0. The van der Waals surface area contributed by atoms with E-state index in [0.717, 1.165) is 18.3 Å². The summed E-state index contributed by atoms with van der Waals surface area (Å²) in [6.07, 6.45) is 2.46. The number of alkyl halides is 1. The van der Waals surface area contributed by atoms with Crippen molar-refractivity contribution in [1.29, 1.82) is 0 Å². The van der Waals surface area contributed by atoms with Crippen LogP contribution in [0.1, 0.15) is 23.5 Å². The molecule has 0 aromatic heterocycles. The first-order valence-electron chi connectivity index (χ1n) is 6.57. The number of rotatable bonds is 4. The molecule has 1 aliphatic rings. The van der Waals surface area contributed by atoms with Gasteiger partial charge in [-0.2, -0.15) is 0 Å². The minimum absolute atomic E-state index is 0.602. The van der Waals surface area contributed by atoms with E-state index in [0.29, 0.717) is 4.83 Å². The largest absolute Gasteiger partial charge is 0.0884 e.